The van der Waals surface area contributed by atoms with Gasteiger partial charge in [-0.05, 0) is 52.4 Å². The van der Waals surface area contributed by atoms with Crippen molar-refractivity contribution in [3.8, 4) is 0 Å². The number of nitro benzene ring substituents is 1. The molecule has 1 amide bonds. The first-order chi connectivity index (χ1) is 11.5. The lowest BCUT2D eigenvalue weighted by molar-refractivity contribution is -0.384. The zero-order valence-corrected chi connectivity index (χ0v) is 15.8. The Hall–Kier alpha value is -1.78. The summed E-state index contributed by atoms with van der Waals surface area (Å²) in [4.78, 5) is 24.9. The van der Waals surface area contributed by atoms with Gasteiger partial charge in [-0.1, -0.05) is 42.2 Å². The molecule has 0 spiro atoms. The first-order valence-corrected chi connectivity index (χ1v) is 9.04. The minimum absolute atomic E-state index is 0.0804. The lowest BCUT2D eigenvalue weighted by Gasteiger charge is -2.13. The van der Waals surface area contributed by atoms with Crippen molar-refractivity contribution >= 4 is 74.2 Å². The van der Waals surface area contributed by atoms with Gasteiger partial charge in [0.2, 0.25) is 0 Å². The largest absolute Gasteiger partial charge is 0.271 e. The summed E-state index contributed by atoms with van der Waals surface area (Å²) in [5.41, 5.74) is 1.22. The second kappa shape index (κ2) is 6.99. The van der Waals surface area contributed by atoms with E-state index in [-0.39, 0.29) is 11.6 Å². The van der Waals surface area contributed by atoms with E-state index in [1.165, 1.54) is 34.9 Å². The van der Waals surface area contributed by atoms with E-state index in [1.54, 1.807) is 12.1 Å². The van der Waals surface area contributed by atoms with E-state index in [4.69, 9.17) is 12.2 Å². The Morgan fingerprint density at radius 3 is 2.58 bits per heavy atom. The number of hydrogen-bond donors (Lipinski definition) is 0. The van der Waals surface area contributed by atoms with Crippen molar-refractivity contribution in [2.45, 2.75) is 0 Å². The van der Waals surface area contributed by atoms with E-state index in [0.29, 0.717) is 14.9 Å². The Morgan fingerprint density at radius 1 is 1.21 bits per heavy atom. The number of rotatable bonds is 3. The molecule has 1 heterocycles. The summed E-state index contributed by atoms with van der Waals surface area (Å²) in [5.74, 6) is -0.274. The average Bonchev–Trinajstić information content (AvgIpc) is 2.83. The third-order valence-corrected chi connectivity index (χ3v) is 5.28. The molecule has 0 radical (unpaired) electrons. The van der Waals surface area contributed by atoms with Crippen molar-refractivity contribution in [2.75, 3.05) is 4.90 Å². The lowest BCUT2D eigenvalue weighted by Crippen LogP contribution is -2.27. The summed E-state index contributed by atoms with van der Waals surface area (Å²) in [6, 6.07) is 13.6. The number of nitro groups is 1. The molecule has 1 aliphatic rings. The number of thiocarbonyl (C=S) groups is 1. The molecule has 1 saturated heterocycles. The lowest BCUT2D eigenvalue weighted by atomic mass is 10.2. The van der Waals surface area contributed by atoms with Crippen molar-refractivity contribution in [3.63, 3.8) is 0 Å². The van der Waals surface area contributed by atoms with Gasteiger partial charge in [-0.25, -0.2) is 0 Å². The van der Waals surface area contributed by atoms with E-state index in [9.17, 15) is 14.9 Å². The Morgan fingerprint density at radius 2 is 1.92 bits per heavy atom. The topological polar surface area (TPSA) is 63.5 Å². The van der Waals surface area contributed by atoms with Gasteiger partial charge >= 0.3 is 0 Å². The molecule has 0 bridgehead atoms. The predicted octanol–water partition coefficient (Wildman–Crippen LogP) is 4.61. The molecule has 24 heavy (non-hydrogen) atoms. The van der Waals surface area contributed by atoms with Crippen LogP contribution in [0, 0.1) is 13.7 Å². The second-order valence-corrected chi connectivity index (χ2v) is 7.77. The van der Waals surface area contributed by atoms with E-state index in [2.05, 4.69) is 22.6 Å². The third-order valence-electron chi connectivity index (χ3n) is 3.26. The highest BCUT2D eigenvalue weighted by molar-refractivity contribution is 14.1. The molecule has 2 aromatic rings. The molecule has 8 heteroatoms. The highest BCUT2D eigenvalue weighted by Crippen LogP contribution is 2.36. The van der Waals surface area contributed by atoms with Crippen LogP contribution >= 0.6 is 46.6 Å². The molecule has 1 fully saturated rings. The van der Waals surface area contributed by atoms with Gasteiger partial charge < -0.3 is 0 Å². The highest BCUT2D eigenvalue weighted by Gasteiger charge is 2.33. The predicted molar refractivity (Wildman–Crippen MR) is 108 cm³/mol. The zero-order valence-electron chi connectivity index (χ0n) is 12.0. The van der Waals surface area contributed by atoms with Crippen LogP contribution in [0.1, 0.15) is 5.56 Å². The van der Waals surface area contributed by atoms with Gasteiger partial charge in [0.15, 0.2) is 4.32 Å². The standard InChI is InChI=1S/C16H9IN2O3S2/c17-11-6-4-10(5-7-11)8-14-15(20)18(16(23)24-14)12-2-1-3-13(9-12)19(21)22/h1-9H/b14-8-. The minimum atomic E-state index is -0.497. The number of non-ortho nitro benzene ring substituents is 1. The van der Waals surface area contributed by atoms with Gasteiger partial charge in [0.25, 0.3) is 11.6 Å². The van der Waals surface area contributed by atoms with E-state index >= 15 is 0 Å². The van der Waals surface area contributed by atoms with Crippen LogP contribution in [0.4, 0.5) is 11.4 Å². The average molecular weight is 468 g/mol. The summed E-state index contributed by atoms with van der Waals surface area (Å²) in [7, 11) is 0. The van der Waals surface area contributed by atoms with E-state index in [1.807, 2.05) is 24.3 Å². The fourth-order valence-corrected chi connectivity index (χ4v) is 3.80. The van der Waals surface area contributed by atoms with Gasteiger partial charge in [-0.3, -0.25) is 19.8 Å². The Labute approximate surface area is 161 Å². The maximum Gasteiger partial charge on any atom is 0.271 e. The Bertz CT molecular complexity index is 881. The van der Waals surface area contributed by atoms with Crippen LogP contribution in [0.2, 0.25) is 0 Å². The van der Waals surface area contributed by atoms with Gasteiger partial charge in [-0.15, -0.1) is 0 Å². The molecular formula is C16H9IN2O3S2. The molecule has 0 N–H and O–H groups in total. The number of thioether (sulfide) groups is 1. The van der Waals surface area contributed by atoms with Gasteiger partial charge in [0.1, 0.15) is 0 Å². The smallest absolute Gasteiger partial charge is 0.268 e. The molecule has 0 unspecified atom stereocenters. The van der Waals surface area contributed by atoms with Gasteiger partial charge in [-0.2, -0.15) is 0 Å². The van der Waals surface area contributed by atoms with Crippen LogP contribution in [-0.2, 0) is 4.79 Å². The minimum Gasteiger partial charge on any atom is -0.268 e. The van der Waals surface area contributed by atoms with Crippen LogP contribution in [0.3, 0.4) is 0 Å². The van der Waals surface area contributed by atoms with Crippen LogP contribution in [0.15, 0.2) is 53.4 Å². The fraction of sp³-hybridized carbons (Fsp3) is 0. The molecule has 0 aliphatic carbocycles. The molecule has 1 aliphatic heterocycles. The molecule has 3 rings (SSSR count). The van der Waals surface area contributed by atoms with E-state index in [0.717, 1.165) is 9.13 Å². The van der Waals surface area contributed by atoms with Crippen molar-refractivity contribution < 1.29 is 9.72 Å². The van der Waals surface area contributed by atoms with Gasteiger partial charge in [0.05, 0.1) is 15.5 Å². The van der Waals surface area contributed by atoms with Crippen LogP contribution in [0.5, 0.6) is 0 Å². The number of benzene rings is 2. The number of nitrogens with zero attached hydrogens (tertiary/aromatic N) is 2. The van der Waals surface area contributed by atoms with Crippen LogP contribution < -0.4 is 4.90 Å². The van der Waals surface area contributed by atoms with Gasteiger partial charge in [0, 0.05) is 15.7 Å². The summed E-state index contributed by atoms with van der Waals surface area (Å²) in [5, 5.41) is 10.9. The van der Waals surface area contributed by atoms with Crippen molar-refractivity contribution in [2.24, 2.45) is 0 Å². The maximum absolute atomic E-state index is 12.6. The van der Waals surface area contributed by atoms with Crippen molar-refractivity contribution in [1.29, 1.82) is 0 Å². The number of halogens is 1. The summed E-state index contributed by atoms with van der Waals surface area (Å²) in [6.07, 6.45) is 1.77. The molecule has 0 saturated carbocycles. The van der Waals surface area contributed by atoms with Crippen LogP contribution in [0.25, 0.3) is 6.08 Å². The molecule has 120 valence electrons. The number of anilines is 1. The first kappa shape index (κ1) is 17.1. The van der Waals surface area contributed by atoms with Crippen molar-refractivity contribution in [3.05, 3.63) is 72.7 Å². The number of carbonyl (C=O) groups excluding carboxylic acids is 1. The third kappa shape index (κ3) is 3.50. The zero-order chi connectivity index (χ0) is 17.3. The Kier molecular flexibility index (Phi) is 4.97. The number of hydrogen-bond acceptors (Lipinski definition) is 5. The fourth-order valence-electron chi connectivity index (χ4n) is 2.15. The SMILES string of the molecule is O=C1/C(=C/c2ccc(I)cc2)SC(=S)N1c1cccc([N+](=O)[O-])c1. The molecule has 0 aromatic heterocycles. The second-order valence-electron chi connectivity index (χ2n) is 4.85. The molecular weight excluding hydrogens is 459 g/mol. The monoisotopic (exact) mass is 468 g/mol. The maximum atomic E-state index is 12.6. The quantitative estimate of drug-likeness (QED) is 0.217. The normalized spacial score (nSPS) is 16.0. The molecule has 0 atom stereocenters. The van der Waals surface area contributed by atoms with Crippen LogP contribution in [-0.4, -0.2) is 15.2 Å². The number of amides is 1. The summed E-state index contributed by atoms with van der Waals surface area (Å²) in [6.45, 7) is 0. The number of carbonyl (C=O) groups is 1. The highest BCUT2D eigenvalue weighted by atomic mass is 127. The molecule has 5 nitrogen and oxygen atoms in total. The summed E-state index contributed by atoms with van der Waals surface area (Å²) >= 11 is 8.68. The van der Waals surface area contributed by atoms with Crippen molar-refractivity contribution in [1.82, 2.24) is 0 Å². The Balaban J connectivity index is 1.93. The summed E-state index contributed by atoms with van der Waals surface area (Å²) < 4.78 is 1.46. The molecule has 2 aromatic carbocycles. The van der Waals surface area contributed by atoms with E-state index < -0.39 is 4.92 Å². The first-order valence-electron chi connectivity index (χ1n) is 6.74.